The first-order chi connectivity index (χ1) is 13.1. The van der Waals surface area contributed by atoms with E-state index in [2.05, 4.69) is 0 Å². The molecule has 6 heteroatoms. The van der Waals surface area contributed by atoms with Crippen LogP contribution in [0.15, 0.2) is 84.0 Å². The van der Waals surface area contributed by atoms with Crippen molar-refractivity contribution in [3.8, 4) is 11.5 Å². The van der Waals surface area contributed by atoms with Crippen molar-refractivity contribution in [3.63, 3.8) is 0 Å². The van der Waals surface area contributed by atoms with E-state index in [1.54, 1.807) is 13.2 Å². The van der Waals surface area contributed by atoms with Crippen LogP contribution in [0.4, 0.5) is 5.69 Å². The number of phenolic OH excluding ortho intramolecular Hbond substituents is 1. The average Bonchev–Trinajstić information content (AvgIpc) is 3.07. The van der Waals surface area contributed by atoms with E-state index in [4.69, 9.17) is 22.1 Å². The van der Waals surface area contributed by atoms with Crippen molar-refractivity contribution in [2.24, 2.45) is 5.10 Å². The molecule has 3 aromatic carbocycles. The van der Waals surface area contributed by atoms with Crippen LogP contribution in [0.3, 0.4) is 0 Å². The summed E-state index contributed by atoms with van der Waals surface area (Å²) in [6.45, 7) is -2.23. The molecule has 3 aromatic rings. The molecule has 0 amide bonds. The second-order valence-electron chi connectivity index (χ2n) is 6.25. The molecule has 0 bridgehead atoms. The average molecular weight is 394 g/mol. The molecule has 1 aliphatic heterocycles. The van der Waals surface area contributed by atoms with Gasteiger partial charge in [-0.3, -0.25) is 0 Å². The van der Waals surface area contributed by atoms with Gasteiger partial charge in [0, 0.05) is 5.56 Å². The predicted molar refractivity (Wildman–Crippen MR) is 115 cm³/mol. The Bertz CT molecular complexity index is 979. The summed E-state index contributed by atoms with van der Waals surface area (Å²) in [5.74, 6) is 1.02. The van der Waals surface area contributed by atoms with Gasteiger partial charge in [-0.2, -0.15) is 4.78 Å². The largest absolute Gasteiger partial charge is 0.524 e. The van der Waals surface area contributed by atoms with Crippen molar-refractivity contribution < 1.29 is 9.84 Å². The van der Waals surface area contributed by atoms with Gasteiger partial charge < -0.3 is 22.1 Å². The summed E-state index contributed by atoms with van der Waals surface area (Å²) in [4.78, 5) is 0. The lowest BCUT2D eigenvalue weighted by Gasteiger charge is -2.35. The first-order valence-corrected chi connectivity index (χ1v) is 11.5. The molecule has 136 valence electrons. The van der Waals surface area contributed by atoms with Gasteiger partial charge in [-0.15, -0.1) is 5.10 Å². The fourth-order valence-corrected chi connectivity index (χ4v) is 6.84. The SMILES string of the molecule is COc1ccc([P+]2([S-])CC(c3ccccc3O)=NN2c2ccccc2)cc1. The molecule has 27 heavy (non-hydrogen) atoms. The smallest absolute Gasteiger partial charge is 0.124 e. The quantitative estimate of drug-likeness (QED) is 0.528. The number of ether oxygens (including phenoxy) is 1. The van der Waals surface area contributed by atoms with E-state index in [1.807, 2.05) is 77.6 Å². The number of hydrogen-bond acceptors (Lipinski definition) is 5. The highest BCUT2D eigenvalue weighted by Crippen LogP contribution is 2.64. The summed E-state index contributed by atoms with van der Waals surface area (Å²) in [6.07, 6.45) is 0.612. The van der Waals surface area contributed by atoms with Gasteiger partial charge in [-0.1, -0.05) is 30.3 Å². The zero-order valence-electron chi connectivity index (χ0n) is 14.8. The van der Waals surface area contributed by atoms with Crippen LogP contribution in [0.1, 0.15) is 5.56 Å². The van der Waals surface area contributed by atoms with E-state index in [0.717, 1.165) is 28.0 Å². The number of methoxy groups -OCH3 is 1. The zero-order valence-corrected chi connectivity index (χ0v) is 16.5. The molecule has 0 aliphatic carbocycles. The molecule has 1 aliphatic rings. The Kier molecular flexibility index (Phi) is 4.81. The third-order valence-electron chi connectivity index (χ3n) is 4.56. The fourth-order valence-electron chi connectivity index (χ4n) is 3.17. The second kappa shape index (κ2) is 7.26. The lowest BCUT2D eigenvalue weighted by Crippen LogP contribution is -2.23. The molecule has 4 rings (SSSR count). The summed E-state index contributed by atoms with van der Waals surface area (Å²) in [6, 6.07) is 25.2. The molecule has 0 saturated heterocycles. The fraction of sp³-hybridized carbons (Fsp3) is 0.0952. The van der Waals surface area contributed by atoms with E-state index >= 15 is 0 Å². The highest BCUT2D eigenvalue weighted by Gasteiger charge is 2.43. The van der Waals surface area contributed by atoms with Crippen molar-refractivity contribution in [3.05, 3.63) is 84.4 Å². The summed E-state index contributed by atoms with van der Waals surface area (Å²) < 4.78 is 7.26. The van der Waals surface area contributed by atoms with Crippen LogP contribution in [0.2, 0.25) is 0 Å². The Balaban J connectivity index is 1.81. The number of hydrazone groups is 1. The van der Waals surface area contributed by atoms with Gasteiger partial charge in [0.15, 0.2) is 0 Å². The first kappa shape index (κ1) is 17.9. The summed E-state index contributed by atoms with van der Waals surface area (Å²) in [7, 11) is 1.65. The first-order valence-electron chi connectivity index (χ1n) is 8.57. The normalized spacial score (nSPS) is 19.0. The van der Waals surface area contributed by atoms with Crippen molar-refractivity contribution in [2.75, 3.05) is 18.1 Å². The van der Waals surface area contributed by atoms with Gasteiger partial charge in [0.05, 0.1) is 24.7 Å². The van der Waals surface area contributed by atoms with Gasteiger partial charge in [0.2, 0.25) is 0 Å². The number of anilines is 1. The molecular weight excluding hydrogens is 375 g/mol. The van der Waals surface area contributed by atoms with E-state index in [1.165, 1.54) is 0 Å². The third-order valence-corrected chi connectivity index (χ3v) is 8.81. The maximum absolute atomic E-state index is 10.3. The lowest BCUT2D eigenvalue weighted by molar-refractivity contribution is 0.415. The molecule has 1 heterocycles. The maximum Gasteiger partial charge on any atom is 0.124 e. The van der Waals surface area contributed by atoms with E-state index in [9.17, 15) is 5.11 Å². The van der Waals surface area contributed by atoms with Gasteiger partial charge >= 0.3 is 0 Å². The topological polar surface area (TPSA) is 45.1 Å². The molecule has 4 nitrogen and oxygen atoms in total. The summed E-state index contributed by atoms with van der Waals surface area (Å²) in [5.41, 5.74) is 2.51. The van der Waals surface area contributed by atoms with Gasteiger partial charge in [0.25, 0.3) is 0 Å². The Hall–Kier alpha value is -2.49. The highest BCUT2D eigenvalue weighted by molar-refractivity contribution is 8.46. The molecule has 1 N–H and O–H groups in total. The van der Waals surface area contributed by atoms with Crippen molar-refractivity contribution >= 4 is 35.6 Å². The number of phenols is 1. The number of benzene rings is 3. The van der Waals surface area contributed by atoms with Gasteiger partial charge in [-0.05, 0) is 48.5 Å². The predicted octanol–water partition coefficient (Wildman–Crippen LogP) is 4.35. The van der Waals surface area contributed by atoms with Crippen LogP contribution in [0.5, 0.6) is 11.5 Å². The number of nitrogens with zero attached hydrogens (tertiary/aromatic N) is 2. The van der Waals surface area contributed by atoms with Crippen LogP contribution in [0, 0.1) is 0 Å². The molecule has 0 spiro atoms. The third kappa shape index (κ3) is 3.29. The van der Waals surface area contributed by atoms with Gasteiger partial charge in [-0.25, -0.2) is 0 Å². The highest BCUT2D eigenvalue weighted by atomic mass is 32.7. The number of para-hydroxylation sites is 2. The molecule has 1 atom stereocenters. The van der Waals surface area contributed by atoms with Crippen molar-refractivity contribution in [1.29, 1.82) is 0 Å². The Labute approximate surface area is 164 Å². The van der Waals surface area contributed by atoms with E-state index in [0.29, 0.717) is 6.16 Å². The monoisotopic (exact) mass is 394 g/mol. The minimum Gasteiger partial charge on any atom is -0.524 e. The molecular formula is C21H19N2O2PS. The second-order valence-corrected chi connectivity index (χ2v) is 10.7. The van der Waals surface area contributed by atoms with Crippen LogP contribution in [-0.4, -0.2) is 24.1 Å². The maximum atomic E-state index is 10.3. The van der Waals surface area contributed by atoms with E-state index in [-0.39, 0.29) is 5.75 Å². The van der Waals surface area contributed by atoms with Gasteiger partial charge in [0.1, 0.15) is 23.4 Å². The number of hydrogen-bond donors (Lipinski definition) is 1. The Morgan fingerprint density at radius 3 is 2.30 bits per heavy atom. The molecule has 1 unspecified atom stereocenters. The Morgan fingerprint density at radius 1 is 0.963 bits per heavy atom. The van der Waals surface area contributed by atoms with Crippen LogP contribution >= 0.6 is 6.62 Å². The minimum absolute atomic E-state index is 0.224. The molecule has 0 radical (unpaired) electrons. The van der Waals surface area contributed by atoms with Crippen molar-refractivity contribution in [1.82, 2.24) is 0 Å². The van der Waals surface area contributed by atoms with Crippen molar-refractivity contribution in [2.45, 2.75) is 0 Å². The summed E-state index contributed by atoms with van der Waals surface area (Å²) >= 11 is 6.24. The van der Waals surface area contributed by atoms with E-state index < -0.39 is 6.62 Å². The lowest BCUT2D eigenvalue weighted by atomic mass is 10.1. The van der Waals surface area contributed by atoms with Crippen LogP contribution in [0.25, 0.3) is 0 Å². The Morgan fingerprint density at radius 2 is 1.63 bits per heavy atom. The zero-order chi connectivity index (χ0) is 18.9. The standard InChI is InChI=1S/C21H19N2O2PS/c1-25-17-11-13-18(14-12-17)26(27)15-20(19-9-5-6-10-21(19)24)22-23(26)16-7-3-2-4-8-16/h2-14,24H,15H2,1H3. The van der Waals surface area contributed by atoms with Crippen LogP contribution in [-0.2, 0) is 12.2 Å². The molecule has 0 aromatic heterocycles. The molecule has 0 fully saturated rings. The van der Waals surface area contributed by atoms with Crippen LogP contribution < -0.4 is 14.8 Å². The number of aromatic hydroxyl groups is 1. The minimum atomic E-state index is -2.23. The summed E-state index contributed by atoms with van der Waals surface area (Å²) in [5, 5.41) is 16.2. The number of rotatable bonds is 4. The molecule has 0 saturated carbocycles.